The number of rotatable bonds is 3. The molecule has 0 bridgehead atoms. The summed E-state index contributed by atoms with van der Waals surface area (Å²) < 4.78 is 11.1. The van der Waals surface area contributed by atoms with Crippen LogP contribution in [0.5, 0.6) is 0 Å². The Hall–Kier alpha value is -1.39. The van der Waals surface area contributed by atoms with E-state index >= 15 is 0 Å². The fourth-order valence-electron chi connectivity index (χ4n) is 8.56. The van der Waals surface area contributed by atoms with Crippen molar-refractivity contribution in [3.8, 4) is 0 Å². The second-order valence-electron chi connectivity index (χ2n) is 11.1. The second-order valence-corrected chi connectivity index (χ2v) is 11.1. The van der Waals surface area contributed by atoms with Gasteiger partial charge in [-0.05, 0) is 73.5 Å². The van der Waals surface area contributed by atoms with Gasteiger partial charge in [0, 0.05) is 25.2 Å². The lowest BCUT2D eigenvalue weighted by Crippen LogP contribution is -2.59. The van der Waals surface area contributed by atoms with E-state index in [0.29, 0.717) is 35.9 Å². The predicted octanol–water partition coefficient (Wildman–Crippen LogP) is 4.57. The van der Waals surface area contributed by atoms with Gasteiger partial charge in [0.05, 0.1) is 13.0 Å². The van der Waals surface area contributed by atoms with Crippen LogP contribution in [0.3, 0.4) is 0 Å². The van der Waals surface area contributed by atoms with E-state index in [1.54, 1.807) is 0 Å². The Balaban J connectivity index is 1.70. The molecule has 0 amide bonds. The summed E-state index contributed by atoms with van der Waals surface area (Å²) in [5.74, 6) is 1.99. The molecule has 0 saturated heterocycles. The molecule has 4 saturated carbocycles. The normalized spacial score (nSPS) is 46.2. The Bertz CT molecular complexity index is 731. The van der Waals surface area contributed by atoms with Gasteiger partial charge >= 0.3 is 11.9 Å². The molecule has 0 aromatic carbocycles. The van der Waals surface area contributed by atoms with Crippen LogP contribution < -0.4 is 0 Å². The number of esters is 2. The van der Waals surface area contributed by atoms with Gasteiger partial charge in [0.15, 0.2) is 0 Å². The predicted molar refractivity (Wildman–Crippen MR) is 112 cm³/mol. The van der Waals surface area contributed by atoms with Crippen LogP contribution in [0.1, 0.15) is 79.1 Å². The molecular weight excluding hydrogens is 380 g/mol. The highest BCUT2D eigenvalue weighted by Crippen LogP contribution is 2.68. The SMILES string of the molecule is COC(=O)[C@@H](C)C1CCC2C3CCC4CC(=O)CCC4(C)C3C[C@H](OC(C)=O)C21C. The molecule has 5 heteroatoms. The van der Waals surface area contributed by atoms with E-state index < -0.39 is 0 Å². The molecule has 0 aliphatic heterocycles. The summed E-state index contributed by atoms with van der Waals surface area (Å²) in [4.78, 5) is 36.7. The topological polar surface area (TPSA) is 69.7 Å². The van der Waals surface area contributed by atoms with Gasteiger partial charge in [0.2, 0.25) is 0 Å². The lowest BCUT2D eigenvalue weighted by Gasteiger charge is -2.62. The average molecular weight is 419 g/mol. The van der Waals surface area contributed by atoms with Gasteiger partial charge in [-0.1, -0.05) is 20.8 Å². The summed E-state index contributed by atoms with van der Waals surface area (Å²) in [6, 6.07) is 0. The summed E-state index contributed by atoms with van der Waals surface area (Å²) in [7, 11) is 1.46. The first kappa shape index (κ1) is 21.8. The molecule has 0 aromatic rings. The molecule has 4 aliphatic carbocycles. The molecular formula is C25H38O5. The van der Waals surface area contributed by atoms with Crippen LogP contribution in [0, 0.1) is 46.3 Å². The van der Waals surface area contributed by atoms with Crippen molar-refractivity contribution in [2.45, 2.75) is 85.2 Å². The molecule has 4 rings (SSSR count). The zero-order valence-corrected chi connectivity index (χ0v) is 19.2. The molecule has 4 aliphatic rings. The molecule has 168 valence electrons. The van der Waals surface area contributed by atoms with Crippen LogP contribution in [0.2, 0.25) is 0 Å². The van der Waals surface area contributed by atoms with Crippen molar-refractivity contribution < 1.29 is 23.9 Å². The molecule has 0 N–H and O–H groups in total. The Labute approximate surface area is 180 Å². The molecule has 5 nitrogen and oxygen atoms in total. The van der Waals surface area contributed by atoms with Gasteiger partial charge in [0.25, 0.3) is 0 Å². The smallest absolute Gasteiger partial charge is 0.308 e. The highest BCUT2D eigenvalue weighted by atomic mass is 16.5. The minimum absolute atomic E-state index is 0.155. The Morgan fingerprint density at radius 3 is 2.50 bits per heavy atom. The Morgan fingerprint density at radius 1 is 1.10 bits per heavy atom. The molecule has 0 heterocycles. The minimum atomic E-state index is -0.230. The van der Waals surface area contributed by atoms with Crippen molar-refractivity contribution in [3.63, 3.8) is 0 Å². The lowest BCUT2D eigenvalue weighted by molar-refractivity contribution is -0.194. The highest BCUT2D eigenvalue weighted by molar-refractivity contribution is 5.79. The summed E-state index contributed by atoms with van der Waals surface area (Å²) in [6.07, 6.45) is 7.43. The van der Waals surface area contributed by atoms with Crippen molar-refractivity contribution in [1.29, 1.82) is 0 Å². The van der Waals surface area contributed by atoms with Gasteiger partial charge in [0.1, 0.15) is 11.9 Å². The monoisotopic (exact) mass is 418 g/mol. The number of carbonyl (C=O) groups excluding carboxylic acids is 3. The maximum Gasteiger partial charge on any atom is 0.308 e. The number of carbonyl (C=O) groups is 3. The van der Waals surface area contributed by atoms with E-state index in [-0.39, 0.29) is 40.7 Å². The van der Waals surface area contributed by atoms with Crippen LogP contribution in [-0.2, 0) is 23.9 Å². The first-order chi connectivity index (χ1) is 14.1. The van der Waals surface area contributed by atoms with Crippen molar-refractivity contribution >= 4 is 17.7 Å². The maximum absolute atomic E-state index is 12.4. The third kappa shape index (κ3) is 3.14. The van der Waals surface area contributed by atoms with Gasteiger partial charge in [-0.25, -0.2) is 0 Å². The number of hydrogen-bond acceptors (Lipinski definition) is 5. The zero-order valence-electron chi connectivity index (χ0n) is 19.2. The third-order valence-electron chi connectivity index (χ3n) is 10.1. The Kier molecular flexibility index (Phi) is 5.55. The van der Waals surface area contributed by atoms with Crippen molar-refractivity contribution in [2.24, 2.45) is 46.3 Å². The molecule has 30 heavy (non-hydrogen) atoms. The minimum Gasteiger partial charge on any atom is -0.469 e. The van der Waals surface area contributed by atoms with Gasteiger partial charge in [-0.2, -0.15) is 0 Å². The number of Topliss-reactive ketones (excluding diaryl/α,β-unsaturated/α-hetero) is 1. The maximum atomic E-state index is 12.4. The number of methoxy groups -OCH3 is 1. The molecule has 0 aromatic heterocycles. The molecule has 0 radical (unpaired) electrons. The average Bonchev–Trinajstić information content (AvgIpc) is 3.06. The van der Waals surface area contributed by atoms with Gasteiger partial charge in [-0.3, -0.25) is 14.4 Å². The summed E-state index contributed by atoms with van der Waals surface area (Å²) >= 11 is 0. The van der Waals surface area contributed by atoms with Crippen LogP contribution in [0.15, 0.2) is 0 Å². The fraction of sp³-hybridized carbons (Fsp3) is 0.880. The molecule has 7 unspecified atom stereocenters. The van der Waals surface area contributed by atoms with E-state index in [0.717, 1.165) is 44.9 Å². The third-order valence-corrected chi connectivity index (χ3v) is 10.1. The first-order valence-corrected chi connectivity index (χ1v) is 11.9. The van der Waals surface area contributed by atoms with Crippen LogP contribution in [0.25, 0.3) is 0 Å². The fourth-order valence-corrected chi connectivity index (χ4v) is 8.56. The van der Waals surface area contributed by atoms with E-state index in [9.17, 15) is 14.4 Å². The van der Waals surface area contributed by atoms with Crippen molar-refractivity contribution in [2.75, 3.05) is 7.11 Å². The number of ketones is 1. The largest absolute Gasteiger partial charge is 0.469 e. The van der Waals surface area contributed by atoms with E-state index in [4.69, 9.17) is 9.47 Å². The van der Waals surface area contributed by atoms with Gasteiger partial charge < -0.3 is 9.47 Å². The van der Waals surface area contributed by atoms with E-state index in [1.165, 1.54) is 14.0 Å². The quantitative estimate of drug-likeness (QED) is 0.628. The highest BCUT2D eigenvalue weighted by Gasteiger charge is 2.65. The number of ether oxygens (including phenoxy) is 2. The lowest BCUT2D eigenvalue weighted by atomic mass is 9.44. The first-order valence-electron chi connectivity index (χ1n) is 11.9. The molecule has 4 fully saturated rings. The van der Waals surface area contributed by atoms with Crippen LogP contribution in [0.4, 0.5) is 0 Å². The summed E-state index contributed by atoms with van der Waals surface area (Å²) in [5, 5.41) is 0. The molecule has 9 atom stereocenters. The second kappa shape index (κ2) is 7.63. The van der Waals surface area contributed by atoms with Crippen LogP contribution >= 0.6 is 0 Å². The van der Waals surface area contributed by atoms with Crippen molar-refractivity contribution in [1.82, 2.24) is 0 Å². The zero-order chi connectivity index (χ0) is 21.8. The van der Waals surface area contributed by atoms with E-state index in [2.05, 4.69) is 13.8 Å². The molecule has 0 spiro atoms. The standard InChI is InChI=1S/C25H38O5/c1-14(23(28)29-5)19-8-9-20-18-7-6-16-12-17(27)10-11-24(16,3)21(18)13-22(25(19,20)4)30-15(2)26/h14,16,18-22H,6-13H2,1-5H3/t14-,16?,18?,19?,20?,21?,22-,24?,25?/m0/s1. The summed E-state index contributed by atoms with van der Waals surface area (Å²) in [5.41, 5.74) is -0.0449. The van der Waals surface area contributed by atoms with E-state index in [1.807, 2.05) is 6.92 Å². The van der Waals surface area contributed by atoms with Gasteiger partial charge in [-0.15, -0.1) is 0 Å². The number of fused-ring (bicyclic) bond motifs is 5. The number of hydrogen-bond donors (Lipinski definition) is 0. The summed E-state index contributed by atoms with van der Waals surface area (Å²) in [6.45, 7) is 8.16. The van der Waals surface area contributed by atoms with Crippen LogP contribution in [-0.4, -0.2) is 30.9 Å². The van der Waals surface area contributed by atoms with Crippen molar-refractivity contribution in [3.05, 3.63) is 0 Å². The Morgan fingerprint density at radius 2 is 1.83 bits per heavy atom.